The van der Waals surface area contributed by atoms with Gasteiger partial charge in [0, 0.05) is 12.6 Å². The van der Waals surface area contributed by atoms with E-state index in [1.807, 2.05) is 51.1 Å². The van der Waals surface area contributed by atoms with E-state index in [2.05, 4.69) is 23.5 Å². The van der Waals surface area contributed by atoms with Crippen LogP contribution >= 0.6 is 0 Å². The first-order chi connectivity index (χ1) is 13.9. The first kappa shape index (κ1) is 21.1. The van der Waals surface area contributed by atoms with E-state index in [0.717, 1.165) is 35.1 Å². The molecule has 3 rings (SSSR count). The molecule has 2 aromatic rings. The van der Waals surface area contributed by atoms with Crippen LogP contribution in [-0.4, -0.2) is 28.8 Å². The molecule has 29 heavy (non-hydrogen) atoms. The number of carbonyl (C=O) groups is 2. The summed E-state index contributed by atoms with van der Waals surface area (Å²) in [5.41, 5.74) is 4.30. The quantitative estimate of drug-likeness (QED) is 0.763. The van der Waals surface area contributed by atoms with Gasteiger partial charge in [0.15, 0.2) is 0 Å². The maximum atomic E-state index is 13.3. The van der Waals surface area contributed by atoms with Crippen LogP contribution in [-0.2, 0) is 22.6 Å². The molecule has 0 saturated heterocycles. The Morgan fingerprint density at radius 3 is 2.45 bits per heavy atom. The van der Waals surface area contributed by atoms with Gasteiger partial charge in [0.1, 0.15) is 6.04 Å². The molecule has 2 amide bonds. The number of hydrogen-bond donors (Lipinski definition) is 1. The molecule has 0 aromatic heterocycles. The predicted octanol–water partition coefficient (Wildman–Crippen LogP) is 4.32. The summed E-state index contributed by atoms with van der Waals surface area (Å²) in [6.07, 6.45) is 4.71. The van der Waals surface area contributed by atoms with Crippen LogP contribution < -0.4 is 5.32 Å². The van der Waals surface area contributed by atoms with Crippen LogP contribution in [0.25, 0.3) is 0 Å². The minimum absolute atomic E-state index is 0.0170. The third-order valence-electron chi connectivity index (χ3n) is 5.91. The zero-order chi connectivity index (χ0) is 20.8. The third-order valence-corrected chi connectivity index (χ3v) is 5.91. The zero-order valence-corrected chi connectivity index (χ0v) is 17.8. The van der Waals surface area contributed by atoms with Crippen LogP contribution in [0, 0.1) is 13.8 Å². The van der Waals surface area contributed by atoms with Crippen molar-refractivity contribution in [3.63, 3.8) is 0 Å². The van der Waals surface area contributed by atoms with Crippen molar-refractivity contribution in [3.05, 3.63) is 70.8 Å². The summed E-state index contributed by atoms with van der Waals surface area (Å²) in [6, 6.07) is 15.8. The van der Waals surface area contributed by atoms with Gasteiger partial charge >= 0.3 is 0 Å². The molecule has 1 atom stereocenters. The fourth-order valence-electron chi connectivity index (χ4n) is 4.01. The Bertz CT molecular complexity index is 841. The molecular weight excluding hydrogens is 360 g/mol. The molecule has 0 spiro atoms. The lowest BCUT2D eigenvalue weighted by molar-refractivity contribution is -0.140. The number of hydrogen-bond acceptors (Lipinski definition) is 2. The molecule has 0 bridgehead atoms. The van der Waals surface area contributed by atoms with Crippen molar-refractivity contribution < 1.29 is 9.59 Å². The minimum Gasteiger partial charge on any atom is -0.352 e. The molecule has 2 aromatic carbocycles. The molecule has 1 aliphatic rings. The number of nitrogens with zero attached hydrogens (tertiary/aromatic N) is 1. The van der Waals surface area contributed by atoms with Gasteiger partial charge in [-0.2, -0.15) is 0 Å². The summed E-state index contributed by atoms with van der Waals surface area (Å²) in [5.74, 6) is -0.0706. The normalized spacial score (nSPS) is 15.1. The SMILES string of the molecule is Cc1ccc(C)c(CC(=O)N(Cc2ccccc2)[C@@H](C)C(=O)NC2CCCC2)c1. The van der Waals surface area contributed by atoms with Crippen molar-refractivity contribution in [3.8, 4) is 0 Å². The standard InChI is InChI=1S/C25H32N2O2/c1-18-13-14-19(2)22(15-18)16-24(28)27(17-21-9-5-4-6-10-21)20(3)25(29)26-23-11-7-8-12-23/h4-6,9-10,13-15,20,23H,7-8,11-12,16-17H2,1-3H3,(H,26,29)/t20-/m0/s1. The van der Waals surface area contributed by atoms with Gasteiger partial charge in [-0.1, -0.05) is 66.9 Å². The highest BCUT2D eigenvalue weighted by Gasteiger charge is 2.28. The van der Waals surface area contributed by atoms with Gasteiger partial charge in [-0.25, -0.2) is 0 Å². The molecule has 0 aliphatic heterocycles. The van der Waals surface area contributed by atoms with Crippen LogP contribution in [0.4, 0.5) is 0 Å². The molecular formula is C25H32N2O2. The molecule has 0 heterocycles. The van der Waals surface area contributed by atoms with Crippen molar-refractivity contribution >= 4 is 11.8 Å². The van der Waals surface area contributed by atoms with Gasteiger partial charge in [0.2, 0.25) is 11.8 Å². The van der Waals surface area contributed by atoms with E-state index < -0.39 is 6.04 Å². The van der Waals surface area contributed by atoms with E-state index in [1.165, 1.54) is 12.8 Å². The molecule has 4 heteroatoms. The van der Waals surface area contributed by atoms with Crippen LogP contribution in [0.5, 0.6) is 0 Å². The Labute approximate surface area is 174 Å². The number of rotatable bonds is 7. The lowest BCUT2D eigenvalue weighted by Gasteiger charge is -2.30. The van der Waals surface area contributed by atoms with Gasteiger partial charge in [-0.3, -0.25) is 9.59 Å². The third kappa shape index (κ3) is 5.69. The van der Waals surface area contributed by atoms with Crippen LogP contribution in [0.1, 0.15) is 54.9 Å². The smallest absolute Gasteiger partial charge is 0.242 e. The second-order valence-electron chi connectivity index (χ2n) is 8.28. The van der Waals surface area contributed by atoms with Crippen molar-refractivity contribution in [2.75, 3.05) is 0 Å². The second kappa shape index (κ2) is 9.73. The van der Waals surface area contributed by atoms with Crippen molar-refractivity contribution in [1.29, 1.82) is 0 Å². The summed E-state index contributed by atoms with van der Waals surface area (Å²) in [7, 11) is 0. The lowest BCUT2D eigenvalue weighted by atomic mass is 10.0. The topological polar surface area (TPSA) is 49.4 Å². The Balaban J connectivity index is 1.78. The molecule has 1 N–H and O–H groups in total. The van der Waals surface area contributed by atoms with Crippen molar-refractivity contribution in [2.45, 2.75) is 71.5 Å². The maximum absolute atomic E-state index is 13.3. The molecule has 154 valence electrons. The molecule has 0 radical (unpaired) electrons. The highest BCUT2D eigenvalue weighted by molar-refractivity contribution is 5.88. The largest absolute Gasteiger partial charge is 0.352 e. The number of aryl methyl sites for hydroxylation is 2. The molecule has 1 aliphatic carbocycles. The average molecular weight is 393 g/mol. The highest BCUT2D eigenvalue weighted by atomic mass is 16.2. The van der Waals surface area contributed by atoms with Crippen molar-refractivity contribution in [2.24, 2.45) is 0 Å². The van der Waals surface area contributed by atoms with E-state index >= 15 is 0 Å². The number of amides is 2. The van der Waals surface area contributed by atoms with E-state index in [9.17, 15) is 9.59 Å². The zero-order valence-electron chi connectivity index (χ0n) is 17.8. The van der Waals surface area contributed by atoms with Crippen LogP contribution in [0.2, 0.25) is 0 Å². The number of carbonyl (C=O) groups excluding carboxylic acids is 2. The van der Waals surface area contributed by atoms with E-state index in [-0.39, 0.29) is 17.9 Å². The van der Waals surface area contributed by atoms with Gasteiger partial charge in [-0.15, -0.1) is 0 Å². The maximum Gasteiger partial charge on any atom is 0.242 e. The predicted molar refractivity (Wildman–Crippen MR) is 116 cm³/mol. The fourth-order valence-corrected chi connectivity index (χ4v) is 4.01. The monoisotopic (exact) mass is 392 g/mol. The summed E-state index contributed by atoms with van der Waals surface area (Å²) < 4.78 is 0. The van der Waals surface area contributed by atoms with E-state index in [0.29, 0.717) is 13.0 Å². The highest BCUT2D eigenvalue weighted by Crippen LogP contribution is 2.19. The van der Waals surface area contributed by atoms with E-state index in [4.69, 9.17) is 0 Å². The van der Waals surface area contributed by atoms with Gasteiger partial charge in [-0.05, 0) is 50.3 Å². The average Bonchev–Trinajstić information content (AvgIpc) is 3.22. The molecule has 4 nitrogen and oxygen atoms in total. The Hall–Kier alpha value is -2.62. The summed E-state index contributed by atoms with van der Waals surface area (Å²) in [4.78, 5) is 27.9. The number of nitrogens with one attached hydrogen (secondary N) is 1. The lowest BCUT2D eigenvalue weighted by Crippen LogP contribution is -2.50. The Kier molecular flexibility index (Phi) is 7.08. The Morgan fingerprint density at radius 1 is 1.07 bits per heavy atom. The van der Waals surface area contributed by atoms with Crippen molar-refractivity contribution in [1.82, 2.24) is 10.2 Å². The molecule has 0 unspecified atom stereocenters. The van der Waals surface area contributed by atoms with Gasteiger partial charge in [0.05, 0.1) is 6.42 Å². The fraction of sp³-hybridized carbons (Fsp3) is 0.440. The van der Waals surface area contributed by atoms with Gasteiger partial charge < -0.3 is 10.2 Å². The number of benzene rings is 2. The second-order valence-corrected chi connectivity index (χ2v) is 8.28. The van der Waals surface area contributed by atoms with Crippen LogP contribution in [0.3, 0.4) is 0 Å². The first-order valence-electron chi connectivity index (χ1n) is 10.6. The summed E-state index contributed by atoms with van der Waals surface area (Å²) in [6.45, 7) is 6.34. The van der Waals surface area contributed by atoms with Gasteiger partial charge in [0.25, 0.3) is 0 Å². The summed E-state index contributed by atoms with van der Waals surface area (Å²) >= 11 is 0. The first-order valence-corrected chi connectivity index (χ1v) is 10.6. The minimum atomic E-state index is -0.506. The summed E-state index contributed by atoms with van der Waals surface area (Å²) in [5, 5.41) is 3.15. The molecule has 1 fully saturated rings. The molecule has 1 saturated carbocycles. The van der Waals surface area contributed by atoms with E-state index in [1.54, 1.807) is 4.90 Å². The van der Waals surface area contributed by atoms with Crippen LogP contribution in [0.15, 0.2) is 48.5 Å². The Morgan fingerprint density at radius 2 is 1.76 bits per heavy atom.